The summed E-state index contributed by atoms with van der Waals surface area (Å²) in [5, 5.41) is 3.49. The molecule has 2 fully saturated rings. The van der Waals surface area contributed by atoms with Crippen molar-refractivity contribution in [2.75, 3.05) is 7.05 Å². The fourth-order valence-corrected chi connectivity index (χ4v) is 3.58. The zero-order valence-corrected chi connectivity index (χ0v) is 9.37. The van der Waals surface area contributed by atoms with Crippen LogP contribution in [0.25, 0.3) is 0 Å². The Morgan fingerprint density at radius 2 is 2.07 bits per heavy atom. The summed E-state index contributed by atoms with van der Waals surface area (Å²) in [5.41, 5.74) is 2.13. The van der Waals surface area contributed by atoms with E-state index in [1.807, 2.05) is 0 Å². The van der Waals surface area contributed by atoms with Crippen molar-refractivity contribution in [2.45, 2.75) is 37.1 Å². The maximum absolute atomic E-state index is 3.49. The third-order valence-electron chi connectivity index (χ3n) is 4.48. The van der Waals surface area contributed by atoms with Crippen LogP contribution in [-0.2, 0) is 5.41 Å². The van der Waals surface area contributed by atoms with Gasteiger partial charge in [-0.15, -0.1) is 0 Å². The maximum atomic E-state index is 3.49. The smallest absolute Gasteiger partial charge is 0.0101 e. The number of hydrogen-bond acceptors (Lipinski definition) is 1. The average Bonchev–Trinajstić information content (AvgIpc) is 3.05. The first kappa shape index (κ1) is 9.41. The molecule has 1 aromatic carbocycles. The van der Waals surface area contributed by atoms with Gasteiger partial charge in [0, 0.05) is 6.04 Å². The number of fused-ring (bicyclic) bond motifs is 1. The lowest BCUT2D eigenvalue weighted by Gasteiger charge is -2.28. The van der Waals surface area contributed by atoms with Crippen molar-refractivity contribution in [3.05, 3.63) is 35.9 Å². The molecular formula is C14H19N. The van der Waals surface area contributed by atoms with E-state index in [1.54, 1.807) is 5.56 Å². The summed E-state index contributed by atoms with van der Waals surface area (Å²) >= 11 is 0. The summed E-state index contributed by atoms with van der Waals surface area (Å²) in [7, 11) is 2.12. The molecule has 3 unspecified atom stereocenters. The summed E-state index contributed by atoms with van der Waals surface area (Å²) in [5.74, 6) is 0.902. The second kappa shape index (κ2) is 3.34. The Morgan fingerprint density at radius 1 is 1.27 bits per heavy atom. The van der Waals surface area contributed by atoms with E-state index in [0.717, 1.165) is 12.0 Å². The normalized spacial score (nSPS) is 38.5. The van der Waals surface area contributed by atoms with Crippen LogP contribution in [-0.4, -0.2) is 13.1 Å². The van der Waals surface area contributed by atoms with Crippen molar-refractivity contribution in [1.82, 2.24) is 5.32 Å². The number of rotatable bonds is 2. The van der Waals surface area contributed by atoms with Gasteiger partial charge in [-0.25, -0.2) is 0 Å². The Morgan fingerprint density at radius 3 is 2.80 bits per heavy atom. The summed E-state index contributed by atoms with van der Waals surface area (Å²) in [6, 6.07) is 11.9. The zero-order chi connectivity index (χ0) is 10.3. The molecule has 3 atom stereocenters. The quantitative estimate of drug-likeness (QED) is 0.775. The lowest BCUT2D eigenvalue weighted by atomic mass is 9.80. The summed E-state index contributed by atoms with van der Waals surface area (Å²) in [6.45, 7) is 0. The van der Waals surface area contributed by atoms with E-state index in [9.17, 15) is 0 Å². The van der Waals surface area contributed by atoms with Crippen molar-refractivity contribution < 1.29 is 0 Å². The molecule has 0 spiro atoms. The van der Waals surface area contributed by atoms with Crippen molar-refractivity contribution in [2.24, 2.45) is 5.92 Å². The van der Waals surface area contributed by atoms with Crippen LogP contribution >= 0.6 is 0 Å². The molecule has 1 nitrogen and oxygen atoms in total. The minimum atomic E-state index is 0.549. The molecule has 2 aliphatic rings. The molecule has 3 rings (SSSR count). The zero-order valence-electron chi connectivity index (χ0n) is 9.37. The first-order chi connectivity index (χ1) is 7.37. The molecule has 1 heteroatoms. The average molecular weight is 201 g/mol. The Bertz CT molecular complexity index is 346. The molecule has 0 radical (unpaired) electrons. The standard InChI is InChI=1S/C14H19N/c1-15-13-8-5-9-14(10-12(13)14)11-6-3-2-4-7-11/h2-4,6-7,12-13,15H,5,8-10H2,1H3. The molecule has 0 aliphatic heterocycles. The fourth-order valence-electron chi connectivity index (χ4n) is 3.58. The largest absolute Gasteiger partial charge is 0.317 e. The first-order valence-electron chi connectivity index (χ1n) is 6.09. The van der Waals surface area contributed by atoms with Crippen LogP contribution in [0.1, 0.15) is 31.2 Å². The lowest BCUT2D eigenvalue weighted by Crippen LogP contribution is -2.34. The van der Waals surface area contributed by atoms with Gasteiger partial charge in [0.25, 0.3) is 0 Å². The maximum Gasteiger partial charge on any atom is 0.0101 e. The van der Waals surface area contributed by atoms with Gasteiger partial charge in [-0.2, -0.15) is 0 Å². The predicted octanol–water partition coefficient (Wildman–Crippen LogP) is 2.72. The van der Waals surface area contributed by atoms with Gasteiger partial charge in [0.2, 0.25) is 0 Å². The van der Waals surface area contributed by atoms with Gasteiger partial charge < -0.3 is 5.32 Å². The van der Waals surface area contributed by atoms with E-state index >= 15 is 0 Å². The minimum absolute atomic E-state index is 0.549. The second-order valence-electron chi connectivity index (χ2n) is 5.12. The molecule has 0 aromatic heterocycles. The SMILES string of the molecule is CNC1CCCC2(c3ccccc3)CC12. The monoisotopic (exact) mass is 201 g/mol. The van der Waals surface area contributed by atoms with Crippen LogP contribution < -0.4 is 5.32 Å². The van der Waals surface area contributed by atoms with Crippen molar-refractivity contribution in [3.8, 4) is 0 Å². The second-order valence-corrected chi connectivity index (χ2v) is 5.12. The van der Waals surface area contributed by atoms with Crippen LogP contribution in [0.5, 0.6) is 0 Å². The van der Waals surface area contributed by atoms with Gasteiger partial charge in [-0.3, -0.25) is 0 Å². The molecule has 0 amide bonds. The Labute approximate surface area is 91.9 Å². The van der Waals surface area contributed by atoms with Crippen molar-refractivity contribution in [1.29, 1.82) is 0 Å². The molecule has 15 heavy (non-hydrogen) atoms. The van der Waals surface area contributed by atoms with Crippen LogP contribution in [0.3, 0.4) is 0 Å². The van der Waals surface area contributed by atoms with E-state index in [-0.39, 0.29) is 0 Å². The van der Waals surface area contributed by atoms with Crippen LogP contribution in [0.15, 0.2) is 30.3 Å². The van der Waals surface area contributed by atoms with Gasteiger partial charge >= 0.3 is 0 Å². The highest BCUT2D eigenvalue weighted by molar-refractivity contribution is 5.35. The number of benzene rings is 1. The van der Waals surface area contributed by atoms with E-state index in [4.69, 9.17) is 0 Å². The van der Waals surface area contributed by atoms with E-state index < -0.39 is 0 Å². The predicted molar refractivity (Wildman–Crippen MR) is 62.9 cm³/mol. The summed E-state index contributed by atoms with van der Waals surface area (Å²) in [4.78, 5) is 0. The van der Waals surface area contributed by atoms with Crippen LogP contribution in [0, 0.1) is 5.92 Å². The molecule has 2 saturated carbocycles. The van der Waals surface area contributed by atoms with E-state index in [2.05, 4.69) is 42.7 Å². The number of nitrogens with one attached hydrogen (secondary N) is 1. The summed E-state index contributed by atoms with van der Waals surface area (Å²) < 4.78 is 0. The molecule has 0 bridgehead atoms. The number of hydrogen-bond donors (Lipinski definition) is 1. The highest BCUT2D eigenvalue weighted by Crippen LogP contribution is 2.62. The highest BCUT2D eigenvalue weighted by atomic mass is 14.9. The molecule has 0 saturated heterocycles. The fraction of sp³-hybridized carbons (Fsp3) is 0.571. The summed E-state index contributed by atoms with van der Waals surface area (Å²) in [6.07, 6.45) is 5.56. The first-order valence-corrected chi connectivity index (χ1v) is 6.09. The van der Waals surface area contributed by atoms with E-state index in [1.165, 1.54) is 25.7 Å². The van der Waals surface area contributed by atoms with Gasteiger partial charge in [0.1, 0.15) is 0 Å². The van der Waals surface area contributed by atoms with Gasteiger partial charge in [-0.1, -0.05) is 36.8 Å². The third-order valence-corrected chi connectivity index (χ3v) is 4.48. The van der Waals surface area contributed by atoms with Crippen molar-refractivity contribution in [3.63, 3.8) is 0 Å². The Kier molecular flexibility index (Phi) is 2.10. The highest BCUT2D eigenvalue weighted by Gasteiger charge is 2.59. The molecule has 1 aromatic rings. The molecule has 1 N–H and O–H groups in total. The third kappa shape index (κ3) is 1.33. The molecule has 80 valence electrons. The van der Waals surface area contributed by atoms with Gasteiger partial charge in [0.05, 0.1) is 0 Å². The van der Waals surface area contributed by atoms with Gasteiger partial charge in [0.15, 0.2) is 0 Å². The lowest BCUT2D eigenvalue weighted by molar-refractivity contribution is 0.343. The Hall–Kier alpha value is -0.820. The van der Waals surface area contributed by atoms with Crippen LogP contribution in [0.2, 0.25) is 0 Å². The molecular weight excluding hydrogens is 182 g/mol. The molecule has 2 aliphatic carbocycles. The van der Waals surface area contributed by atoms with Crippen LogP contribution in [0.4, 0.5) is 0 Å². The molecule has 0 heterocycles. The van der Waals surface area contributed by atoms with Gasteiger partial charge in [-0.05, 0) is 43.2 Å². The van der Waals surface area contributed by atoms with Crippen molar-refractivity contribution >= 4 is 0 Å². The minimum Gasteiger partial charge on any atom is -0.317 e. The Balaban J connectivity index is 1.89. The van der Waals surface area contributed by atoms with E-state index in [0.29, 0.717) is 5.41 Å². The topological polar surface area (TPSA) is 12.0 Å².